The number of ketones is 1. The topological polar surface area (TPSA) is 43.4 Å². The predicted octanol–water partition coefficient (Wildman–Crippen LogP) is 7.92. The Morgan fingerprint density at radius 3 is 2.31 bits per heavy atom. The molecular formula is C32H50O3. The first-order valence-corrected chi connectivity index (χ1v) is 14.6. The van der Waals surface area contributed by atoms with Gasteiger partial charge in [0, 0.05) is 11.8 Å². The van der Waals surface area contributed by atoms with E-state index in [1.54, 1.807) is 5.57 Å². The van der Waals surface area contributed by atoms with Crippen molar-refractivity contribution in [1.82, 2.24) is 0 Å². The van der Waals surface area contributed by atoms with Crippen LogP contribution in [0.25, 0.3) is 0 Å². The van der Waals surface area contributed by atoms with E-state index in [9.17, 15) is 9.59 Å². The Labute approximate surface area is 214 Å². The molecule has 8 atom stereocenters. The normalized spacial score (nSPS) is 50.7. The first-order chi connectivity index (χ1) is 16.2. The average Bonchev–Trinajstić information content (AvgIpc) is 2.78. The minimum absolute atomic E-state index is 0.00197. The molecule has 35 heavy (non-hydrogen) atoms. The highest BCUT2D eigenvalue weighted by molar-refractivity contribution is 5.86. The fourth-order valence-electron chi connectivity index (χ4n) is 10.6. The van der Waals surface area contributed by atoms with Crippen LogP contribution >= 0.6 is 0 Å². The molecule has 0 aromatic heterocycles. The summed E-state index contributed by atoms with van der Waals surface area (Å²) in [7, 11) is 0. The predicted molar refractivity (Wildman–Crippen MR) is 141 cm³/mol. The lowest BCUT2D eigenvalue weighted by Gasteiger charge is -2.70. The monoisotopic (exact) mass is 482 g/mol. The van der Waals surface area contributed by atoms with Crippen LogP contribution in [-0.4, -0.2) is 18.4 Å². The Kier molecular flexibility index (Phi) is 5.62. The number of allylic oxidation sites excluding steroid dienone is 2. The average molecular weight is 483 g/mol. The van der Waals surface area contributed by atoms with Gasteiger partial charge in [-0.05, 0) is 111 Å². The van der Waals surface area contributed by atoms with E-state index >= 15 is 0 Å². The molecule has 0 aromatic rings. The summed E-state index contributed by atoms with van der Waals surface area (Å²) in [5, 5.41) is 0. The van der Waals surface area contributed by atoms with Crippen LogP contribution in [0.15, 0.2) is 11.6 Å². The zero-order valence-electron chi connectivity index (χ0n) is 23.8. The van der Waals surface area contributed by atoms with Gasteiger partial charge < -0.3 is 4.74 Å². The van der Waals surface area contributed by atoms with Crippen molar-refractivity contribution in [2.24, 2.45) is 50.2 Å². The lowest BCUT2D eigenvalue weighted by Crippen LogP contribution is -2.65. The Balaban J connectivity index is 1.57. The zero-order chi connectivity index (χ0) is 25.7. The molecule has 3 nitrogen and oxygen atoms in total. The summed E-state index contributed by atoms with van der Waals surface area (Å²) in [4.78, 5) is 26.8. The summed E-state index contributed by atoms with van der Waals surface area (Å²) in [5.74, 6) is 1.87. The van der Waals surface area contributed by atoms with Gasteiger partial charge in [-0.1, -0.05) is 53.2 Å². The molecule has 3 heteroatoms. The number of Topliss-reactive ketones (excluding diaryl/α,β-unsaturated/α-hetero) is 1. The summed E-state index contributed by atoms with van der Waals surface area (Å²) in [6.45, 7) is 19.3. The van der Waals surface area contributed by atoms with Crippen LogP contribution < -0.4 is 0 Å². The van der Waals surface area contributed by atoms with Crippen molar-refractivity contribution < 1.29 is 14.3 Å². The fraction of sp³-hybridized carbons (Fsp3) is 0.875. The molecule has 0 radical (unpaired) electrons. The van der Waals surface area contributed by atoms with Crippen molar-refractivity contribution in [1.29, 1.82) is 0 Å². The van der Waals surface area contributed by atoms with E-state index in [1.165, 1.54) is 25.7 Å². The van der Waals surface area contributed by atoms with Gasteiger partial charge in [-0.15, -0.1) is 0 Å². The Hall–Kier alpha value is -1.12. The minimum Gasteiger partial charge on any atom is -0.466 e. The number of rotatable bonds is 2. The van der Waals surface area contributed by atoms with Crippen molar-refractivity contribution in [3.63, 3.8) is 0 Å². The van der Waals surface area contributed by atoms with Gasteiger partial charge in [-0.2, -0.15) is 0 Å². The van der Waals surface area contributed by atoms with Gasteiger partial charge in [0.25, 0.3) is 0 Å². The Morgan fingerprint density at radius 1 is 0.943 bits per heavy atom. The maximum atomic E-state index is 13.7. The lowest BCUT2D eigenvalue weighted by atomic mass is 9.33. The summed E-state index contributed by atoms with van der Waals surface area (Å²) >= 11 is 0. The van der Waals surface area contributed by atoms with E-state index in [4.69, 9.17) is 4.74 Å². The largest absolute Gasteiger partial charge is 0.466 e. The molecule has 0 aliphatic heterocycles. The molecule has 0 aromatic carbocycles. The maximum absolute atomic E-state index is 13.7. The molecule has 0 amide bonds. The van der Waals surface area contributed by atoms with Crippen molar-refractivity contribution in [3.05, 3.63) is 11.6 Å². The smallest absolute Gasteiger partial charge is 0.311 e. The van der Waals surface area contributed by atoms with Gasteiger partial charge in [0.15, 0.2) is 0 Å². The number of carbonyl (C=O) groups excluding carboxylic acids is 2. The highest BCUT2D eigenvalue weighted by Crippen LogP contribution is 2.75. The molecule has 0 bridgehead atoms. The number of ether oxygens (including phenoxy) is 1. The van der Waals surface area contributed by atoms with Crippen molar-refractivity contribution >= 4 is 11.8 Å². The molecule has 5 aliphatic carbocycles. The second-order valence-electron chi connectivity index (χ2n) is 15.2. The quantitative estimate of drug-likeness (QED) is 0.296. The van der Waals surface area contributed by atoms with Crippen LogP contribution in [0.2, 0.25) is 0 Å². The number of carbonyl (C=O) groups is 2. The molecule has 5 rings (SSSR count). The summed E-state index contributed by atoms with van der Waals surface area (Å²) in [6, 6.07) is 0. The molecule has 4 saturated carbocycles. The van der Waals surface area contributed by atoms with Crippen LogP contribution in [0.4, 0.5) is 0 Å². The standard InChI is InChI=1S/C32H50O3/c1-9-35-26(34)29(5)17-16-28(4)18-19-30(6)21(22(28)20-29)10-11-24-31(30,7)15-12-23-27(2,3)14-13-25(33)32(23,24)8/h10,22-24H,9,11-20H2,1-8H3/t22-,23?,24+,28-,29?,30-,31-,32+/m1/s1. The third-order valence-electron chi connectivity index (χ3n) is 13.3. The van der Waals surface area contributed by atoms with Gasteiger partial charge in [-0.3, -0.25) is 9.59 Å². The molecule has 0 N–H and O–H groups in total. The fourth-order valence-corrected chi connectivity index (χ4v) is 10.6. The van der Waals surface area contributed by atoms with Gasteiger partial charge in [-0.25, -0.2) is 0 Å². The molecule has 4 fully saturated rings. The first-order valence-electron chi connectivity index (χ1n) is 14.6. The molecule has 0 spiro atoms. The summed E-state index contributed by atoms with van der Waals surface area (Å²) in [5.41, 5.74) is 1.77. The SMILES string of the molecule is CCOC(=O)C1(C)CC[C@]2(C)CC[C@]3(C)C(=CC[C@@H]4[C@@]5(C)C(=O)CCC(C)(C)C5CC[C@]43C)[C@H]2C1. The van der Waals surface area contributed by atoms with Gasteiger partial charge in [0.05, 0.1) is 12.0 Å². The molecule has 0 saturated heterocycles. The van der Waals surface area contributed by atoms with Crippen molar-refractivity contribution in [2.75, 3.05) is 6.61 Å². The van der Waals surface area contributed by atoms with Gasteiger partial charge in [0.2, 0.25) is 0 Å². The van der Waals surface area contributed by atoms with Crippen LogP contribution in [0.3, 0.4) is 0 Å². The highest BCUT2D eigenvalue weighted by Gasteiger charge is 2.69. The number of hydrogen-bond donors (Lipinski definition) is 0. The van der Waals surface area contributed by atoms with E-state index in [2.05, 4.69) is 54.5 Å². The molecule has 0 heterocycles. The summed E-state index contributed by atoms with van der Waals surface area (Å²) in [6.07, 6.45) is 13.2. The number of esters is 1. The van der Waals surface area contributed by atoms with Gasteiger partial charge in [0.1, 0.15) is 5.78 Å². The third kappa shape index (κ3) is 3.21. The lowest BCUT2D eigenvalue weighted by molar-refractivity contribution is -0.188. The highest BCUT2D eigenvalue weighted by atomic mass is 16.5. The molecule has 2 unspecified atom stereocenters. The van der Waals surface area contributed by atoms with E-state index < -0.39 is 0 Å². The van der Waals surface area contributed by atoms with E-state index in [0.29, 0.717) is 30.1 Å². The van der Waals surface area contributed by atoms with E-state index in [0.717, 1.165) is 38.5 Å². The van der Waals surface area contributed by atoms with Crippen molar-refractivity contribution in [3.8, 4) is 0 Å². The summed E-state index contributed by atoms with van der Waals surface area (Å²) < 4.78 is 5.57. The first kappa shape index (κ1) is 25.5. The molecule has 196 valence electrons. The molecular weight excluding hydrogens is 432 g/mol. The second-order valence-corrected chi connectivity index (χ2v) is 15.2. The third-order valence-corrected chi connectivity index (χ3v) is 13.3. The van der Waals surface area contributed by atoms with Crippen molar-refractivity contribution in [2.45, 2.75) is 120 Å². The van der Waals surface area contributed by atoms with Crippen LogP contribution in [-0.2, 0) is 14.3 Å². The van der Waals surface area contributed by atoms with Crippen LogP contribution in [0.1, 0.15) is 120 Å². The maximum Gasteiger partial charge on any atom is 0.311 e. The second kappa shape index (κ2) is 7.70. The number of hydrogen-bond acceptors (Lipinski definition) is 3. The van der Waals surface area contributed by atoms with Gasteiger partial charge >= 0.3 is 5.97 Å². The van der Waals surface area contributed by atoms with E-state index in [-0.39, 0.29) is 38.5 Å². The van der Waals surface area contributed by atoms with E-state index in [1.807, 2.05) is 6.92 Å². The molecule has 5 aliphatic rings. The Morgan fingerprint density at radius 2 is 1.63 bits per heavy atom. The number of fused-ring (bicyclic) bond motifs is 7. The zero-order valence-corrected chi connectivity index (χ0v) is 23.8. The minimum atomic E-state index is -0.385. The van der Waals surface area contributed by atoms with Crippen LogP contribution in [0.5, 0.6) is 0 Å². The Bertz CT molecular complexity index is 962. The van der Waals surface area contributed by atoms with Crippen LogP contribution in [0, 0.1) is 50.2 Å².